The van der Waals surface area contributed by atoms with Crippen LogP contribution in [0.2, 0.25) is 0 Å². The van der Waals surface area contributed by atoms with Gasteiger partial charge in [-0.1, -0.05) is 13.8 Å². The fraction of sp³-hybridized carbons (Fsp3) is 0.667. The van der Waals surface area contributed by atoms with Crippen molar-refractivity contribution in [3.63, 3.8) is 0 Å². The molecule has 7 heteroatoms. The maximum absolute atomic E-state index is 12.5. The number of likely N-dealkylation sites (tertiary alicyclic amines) is 1. The van der Waals surface area contributed by atoms with Crippen molar-refractivity contribution in [3.8, 4) is 0 Å². The van der Waals surface area contributed by atoms with Crippen LogP contribution in [0.5, 0.6) is 0 Å². The van der Waals surface area contributed by atoms with Crippen LogP contribution >= 0.6 is 11.3 Å². The highest BCUT2D eigenvalue weighted by atomic mass is 32.1. The third-order valence-electron chi connectivity index (χ3n) is 4.93. The number of hydrogen-bond donors (Lipinski definition) is 1. The lowest BCUT2D eigenvalue weighted by atomic mass is 9.88. The average molecular weight is 362 g/mol. The van der Waals surface area contributed by atoms with Crippen LogP contribution in [0.25, 0.3) is 0 Å². The first-order chi connectivity index (χ1) is 11.9. The van der Waals surface area contributed by atoms with Crippen LogP contribution in [-0.4, -0.2) is 46.2 Å². The van der Waals surface area contributed by atoms with Gasteiger partial charge in [0.05, 0.1) is 17.1 Å². The Labute approximate surface area is 152 Å². The van der Waals surface area contributed by atoms with Crippen LogP contribution in [0.4, 0.5) is 0 Å². The summed E-state index contributed by atoms with van der Waals surface area (Å²) in [5.74, 6) is 1.50. The number of amides is 2. The van der Waals surface area contributed by atoms with E-state index in [1.165, 1.54) is 0 Å². The number of hydrogen-bond acceptors (Lipinski definition) is 5. The lowest BCUT2D eigenvalue weighted by Gasteiger charge is -2.35. The lowest BCUT2D eigenvalue weighted by Crippen LogP contribution is -2.50. The number of nitrogens with one attached hydrogen (secondary N) is 1. The maximum Gasteiger partial charge on any atom is 0.253 e. The first kappa shape index (κ1) is 18.0. The molecule has 25 heavy (non-hydrogen) atoms. The Morgan fingerprint density at radius 1 is 1.40 bits per heavy atom. The number of piperidine rings is 1. The van der Waals surface area contributed by atoms with Crippen molar-refractivity contribution >= 4 is 29.0 Å². The number of aromatic nitrogens is 1. The third kappa shape index (κ3) is 4.08. The number of nitrogens with zero attached hydrogens (tertiary/aromatic N) is 3. The molecule has 0 unspecified atom stereocenters. The minimum absolute atomic E-state index is 0.00785. The number of rotatable bonds is 5. The topological polar surface area (TPSA) is 74.7 Å². The van der Waals surface area contributed by atoms with E-state index in [1.807, 2.05) is 17.2 Å². The molecule has 6 nitrogen and oxygen atoms in total. The highest BCUT2D eigenvalue weighted by molar-refractivity contribution is 7.09. The zero-order chi connectivity index (χ0) is 18.0. The molecule has 2 amide bonds. The molecular weight excluding hydrogens is 336 g/mol. The molecule has 0 aliphatic carbocycles. The summed E-state index contributed by atoms with van der Waals surface area (Å²) < 4.78 is 0. The molecule has 2 aliphatic heterocycles. The molecule has 3 heterocycles. The summed E-state index contributed by atoms with van der Waals surface area (Å²) in [4.78, 5) is 35.8. The molecule has 3 rings (SSSR count). The zero-order valence-electron chi connectivity index (χ0n) is 15.2. The fourth-order valence-electron chi connectivity index (χ4n) is 3.35. The average Bonchev–Trinajstić information content (AvgIpc) is 3.10. The quantitative estimate of drug-likeness (QED) is 0.873. The molecule has 0 saturated carbocycles. The van der Waals surface area contributed by atoms with E-state index in [-0.39, 0.29) is 11.8 Å². The van der Waals surface area contributed by atoms with Gasteiger partial charge < -0.3 is 10.2 Å². The minimum atomic E-state index is -0.652. The Kier molecular flexibility index (Phi) is 5.22. The normalized spacial score (nSPS) is 19.4. The van der Waals surface area contributed by atoms with Crippen molar-refractivity contribution in [1.29, 1.82) is 0 Å². The van der Waals surface area contributed by atoms with Crippen LogP contribution in [0.15, 0.2) is 10.4 Å². The zero-order valence-corrected chi connectivity index (χ0v) is 16.0. The predicted molar refractivity (Wildman–Crippen MR) is 98.7 cm³/mol. The Balaban J connectivity index is 1.57. The summed E-state index contributed by atoms with van der Waals surface area (Å²) in [6.45, 7) is 7.44. The number of aliphatic imine (C=N–C) groups is 1. The molecule has 0 bridgehead atoms. The smallest absolute Gasteiger partial charge is 0.253 e. The molecule has 1 saturated heterocycles. The SMILES string of the molecule is Cc1nc(CC(=O)N2CCC3(CC2)N=C(CCC(C)C)NC3=O)cs1. The van der Waals surface area contributed by atoms with Gasteiger partial charge in [0.25, 0.3) is 5.91 Å². The maximum atomic E-state index is 12.5. The Morgan fingerprint density at radius 2 is 2.12 bits per heavy atom. The highest BCUT2D eigenvalue weighted by Crippen LogP contribution is 2.31. The van der Waals surface area contributed by atoms with Gasteiger partial charge in [-0.25, -0.2) is 4.98 Å². The Morgan fingerprint density at radius 3 is 2.72 bits per heavy atom. The van der Waals surface area contributed by atoms with Crippen molar-refractivity contribution in [2.75, 3.05) is 13.1 Å². The Hall–Kier alpha value is -1.76. The van der Waals surface area contributed by atoms with Crippen molar-refractivity contribution < 1.29 is 9.59 Å². The van der Waals surface area contributed by atoms with Crippen LogP contribution in [0, 0.1) is 12.8 Å². The number of carbonyl (C=O) groups excluding carboxylic acids is 2. The van der Waals surface area contributed by atoms with Gasteiger partial charge in [0.15, 0.2) is 0 Å². The molecule has 136 valence electrons. The molecule has 1 fully saturated rings. The lowest BCUT2D eigenvalue weighted by molar-refractivity contribution is -0.135. The molecule has 1 spiro atoms. The molecule has 0 radical (unpaired) electrons. The summed E-state index contributed by atoms with van der Waals surface area (Å²) in [6, 6.07) is 0. The van der Waals surface area contributed by atoms with E-state index in [0.29, 0.717) is 38.3 Å². The second-order valence-corrected chi connectivity index (χ2v) is 8.45. The minimum Gasteiger partial charge on any atom is -0.342 e. The van der Waals surface area contributed by atoms with Gasteiger partial charge in [-0.2, -0.15) is 0 Å². The van der Waals surface area contributed by atoms with E-state index < -0.39 is 5.54 Å². The number of amidine groups is 1. The largest absolute Gasteiger partial charge is 0.342 e. The van der Waals surface area contributed by atoms with Gasteiger partial charge in [-0.3, -0.25) is 14.6 Å². The van der Waals surface area contributed by atoms with E-state index >= 15 is 0 Å². The molecule has 0 aromatic carbocycles. The van der Waals surface area contributed by atoms with E-state index in [9.17, 15) is 9.59 Å². The summed E-state index contributed by atoms with van der Waals surface area (Å²) >= 11 is 1.56. The number of carbonyl (C=O) groups is 2. The molecule has 1 N–H and O–H groups in total. The van der Waals surface area contributed by atoms with Crippen molar-refractivity contribution in [2.45, 2.75) is 58.4 Å². The van der Waals surface area contributed by atoms with Crippen molar-refractivity contribution in [3.05, 3.63) is 16.1 Å². The van der Waals surface area contributed by atoms with E-state index in [4.69, 9.17) is 4.99 Å². The molecular formula is C18H26N4O2S. The van der Waals surface area contributed by atoms with Crippen LogP contribution in [-0.2, 0) is 16.0 Å². The standard InChI is InChI=1S/C18H26N4O2S/c1-12(2)4-5-15-20-17(24)18(21-15)6-8-22(9-7-18)16(23)10-14-11-25-13(3)19-14/h11-12H,4-10H2,1-3H3,(H,20,21,24). The molecule has 1 aromatic rings. The van der Waals surface area contributed by atoms with E-state index in [2.05, 4.69) is 24.1 Å². The van der Waals surface area contributed by atoms with Gasteiger partial charge in [0.2, 0.25) is 5.91 Å². The highest BCUT2D eigenvalue weighted by Gasteiger charge is 2.46. The second kappa shape index (κ2) is 7.23. The third-order valence-corrected chi connectivity index (χ3v) is 5.75. The van der Waals surface area contributed by atoms with Crippen LogP contribution < -0.4 is 5.32 Å². The van der Waals surface area contributed by atoms with Crippen molar-refractivity contribution in [1.82, 2.24) is 15.2 Å². The van der Waals surface area contributed by atoms with E-state index in [1.54, 1.807) is 11.3 Å². The fourth-order valence-corrected chi connectivity index (χ4v) is 3.96. The molecule has 0 atom stereocenters. The van der Waals surface area contributed by atoms with Crippen molar-refractivity contribution in [2.24, 2.45) is 10.9 Å². The van der Waals surface area contributed by atoms with Gasteiger partial charge in [0, 0.05) is 24.9 Å². The first-order valence-electron chi connectivity index (χ1n) is 8.97. The molecule has 1 aromatic heterocycles. The summed E-state index contributed by atoms with van der Waals surface area (Å²) in [7, 11) is 0. The number of aryl methyl sites for hydroxylation is 1. The van der Waals surface area contributed by atoms with Crippen LogP contribution in [0.1, 0.15) is 50.2 Å². The van der Waals surface area contributed by atoms with Gasteiger partial charge >= 0.3 is 0 Å². The van der Waals surface area contributed by atoms with Crippen LogP contribution in [0.3, 0.4) is 0 Å². The van der Waals surface area contributed by atoms with Gasteiger partial charge in [-0.05, 0) is 32.1 Å². The second-order valence-electron chi connectivity index (χ2n) is 7.39. The predicted octanol–water partition coefficient (Wildman–Crippen LogP) is 2.32. The van der Waals surface area contributed by atoms with Gasteiger partial charge in [0.1, 0.15) is 11.4 Å². The number of thiazole rings is 1. The summed E-state index contributed by atoms with van der Waals surface area (Å²) in [6.07, 6.45) is 3.38. The van der Waals surface area contributed by atoms with E-state index in [0.717, 1.165) is 29.4 Å². The summed E-state index contributed by atoms with van der Waals surface area (Å²) in [5, 5.41) is 5.87. The van der Waals surface area contributed by atoms with Gasteiger partial charge in [-0.15, -0.1) is 11.3 Å². The monoisotopic (exact) mass is 362 g/mol. The Bertz CT molecular complexity index is 687. The first-order valence-corrected chi connectivity index (χ1v) is 9.85. The molecule has 2 aliphatic rings. The summed E-state index contributed by atoms with van der Waals surface area (Å²) in [5.41, 5.74) is 0.181.